The standard InChI is InChI=1S/C15H21N3O3S/c19-15(9-14-3-8-22(20,21)11-14)18-5-1-13(2-6-18)10-17-7-4-16-12-17/h3-4,7-8,12-14H,1-2,5-6,9-11H2/t14-/m1/s1. The third-order valence-electron chi connectivity index (χ3n) is 4.44. The van der Waals surface area contributed by atoms with Crippen molar-refractivity contribution in [3.05, 3.63) is 30.2 Å². The molecule has 0 radical (unpaired) electrons. The van der Waals surface area contributed by atoms with Gasteiger partial charge in [0, 0.05) is 49.8 Å². The summed E-state index contributed by atoms with van der Waals surface area (Å²) in [6, 6.07) is 0. The maximum atomic E-state index is 12.3. The monoisotopic (exact) mass is 323 g/mol. The molecule has 1 aromatic rings. The molecular weight excluding hydrogens is 302 g/mol. The van der Waals surface area contributed by atoms with Gasteiger partial charge in [-0.05, 0) is 18.8 Å². The molecule has 0 saturated carbocycles. The van der Waals surface area contributed by atoms with Gasteiger partial charge in [0.1, 0.15) is 0 Å². The summed E-state index contributed by atoms with van der Waals surface area (Å²) in [5, 5.41) is 1.24. The van der Waals surface area contributed by atoms with E-state index < -0.39 is 9.84 Å². The average molecular weight is 323 g/mol. The first kappa shape index (κ1) is 15.3. The van der Waals surface area contributed by atoms with Gasteiger partial charge in [0.2, 0.25) is 5.91 Å². The van der Waals surface area contributed by atoms with Gasteiger partial charge in [-0.1, -0.05) is 6.08 Å². The van der Waals surface area contributed by atoms with Gasteiger partial charge in [0.05, 0.1) is 12.1 Å². The molecule has 1 aromatic heterocycles. The van der Waals surface area contributed by atoms with Crippen molar-refractivity contribution in [3.63, 3.8) is 0 Å². The molecule has 0 aliphatic carbocycles. The van der Waals surface area contributed by atoms with Crippen LogP contribution in [0.1, 0.15) is 19.3 Å². The molecule has 0 spiro atoms. The summed E-state index contributed by atoms with van der Waals surface area (Å²) in [5.41, 5.74) is 0. The number of likely N-dealkylation sites (tertiary alicyclic amines) is 1. The van der Waals surface area contributed by atoms with Gasteiger partial charge in [-0.3, -0.25) is 4.79 Å². The Labute approximate surface area is 130 Å². The lowest BCUT2D eigenvalue weighted by Gasteiger charge is -2.32. The van der Waals surface area contributed by atoms with Gasteiger partial charge >= 0.3 is 0 Å². The second kappa shape index (κ2) is 6.24. The molecule has 1 atom stereocenters. The van der Waals surface area contributed by atoms with Crippen molar-refractivity contribution in [3.8, 4) is 0 Å². The number of nitrogens with zero attached hydrogens (tertiary/aromatic N) is 3. The van der Waals surface area contributed by atoms with Gasteiger partial charge < -0.3 is 9.47 Å². The van der Waals surface area contributed by atoms with Gasteiger partial charge in [-0.25, -0.2) is 13.4 Å². The second-order valence-electron chi connectivity index (χ2n) is 6.21. The maximum Gasteiger partial charge on any atom is 0.223 e. The molecule has 7 heteroatoms. The first-order chi connectivity index (χ1) is 10.5. The lowest BCUT2D eigenvalue weighted by Crippen LogP contribution is -2.40. The minimum absolute atomic E-state index is 0.0767. The zero-order chi connectivity index (χ0) is 15.6. The number of carbonyl (C=O) groups excluding carboxylic acids is 1. The summed E-state index contributed by atoms with van der Waals surface area (Å²) in [6.45, 7) is 2.48. The molecule has 1 amide bonds. The molecule has 3 heterocycles. The summed E-state index contributed by atoms with van der Waals surface area (Å²) in [4.78, 5) is 18.2. The molecular formula is C15H21N3O3S. The van der Waals surface area contributed by atoms with Crippen LogP contribution in [0.5, 0.6) is 0 Å². The Morgan fingerprint density at radius 3 is 2.64 bits per heavy atom. The smallest absolute Gasteiger partial charge is 0.223 e. The quantitative estimate of drug-likeness (QED) is 0.831. The highest BCUT2D eigenvalue weighted by atomic mass is 32.2. The van der Waals surface area contributed by atoms with Crippen LogP contribution in [-0.4, -0.2) is 47.6 Å². The van der Waals surface area contributed by atoms with Crippen LogP contribution in [0.4, 0.5) is 0 Å². The van der Waals surface area contributed by atoms with Gasteiger partial charge in [0.15, 0.2) is 9.84 Å². The normalized spacial score (nSPS) is 24.7. The highest BCUT2D eigenvalue weighted by Crippen LogP contribution is 2.23. The van der Waals surface area contributed by atoms with Crippen molar-refractivity contribution >= 4 is 15.7 Å². The summed E-state index contributed by atoms with van der Waals surface area (Å²) in [5.74, 6) is 0.578. The second-order valence-corrected chi connectivity index (χ2v) is 8.14. The number of amides is 1. The Hall–Kier alpha value is -1.63. The lowest BCUT2D eigenvalue weighted by molar-refractivity contribution is -0.133. The molecule has 1 saturated heterocycles. The average Bonchev–Trinajstić information content (AvgIpc) is 3.09. The van der Waals surface area contributed by atoms with E-state index in [1.807, 2.05) is 17.4 Å². The van der Waals surface area contributed by atoms with E-state index >= 15 is 0 Å². The predicted octanol–water partition coefficient (Wildman–Crippen LogP) is 1.07. The van der Waals surface area contributed by atoms with Crippen molar-refractivity contribution in [2.75, 3.05) is 18.8 Å². The van der Waals surface area contributed by atoms with Crippen LogP contribution in [0.25, 0.3) is 0 Å². The summed E-state index contributed by atoms with van der Waals surface area (Å²) < 4.78 is 24.8. The Balaban J connectivity index is 1.45. The molecule has 0 N–H and O–H groups in total. The van der Waals surface area contributed by atoms with E-state index in [4.69, 9.17) is 0 Å². The SMILES string of the molecule is O=C(C[C@H]1C=CS(=O)(=O)C1)N1CCC(Cn2ccnc2)CC1. The molecule has 120 valence electrons. The summed E-state index contributed by atoms with van der Waals surface area (Å²) >= 11 is 0. The van der Waals surface area contributed by atoms with Crippen LogP contribution in [0.2, 0.25) is 0 Å². The Kier molecular flexibility index (Phi) is 4.33. The fourth-order valence-electron chi connectivity index (χ4n) is 3.18. The molecule has 3 rings (SSSR count). The van der Waals surface area contributed by atoms with Crippen LogP contribution in [0, 0.1) is 11.8 Å². The van der Waals surface area contributed by atoms with Crippen molar-refractivity contribution in [2.24, 2.45) is 11.8 Å². The van der Waals surface area contributed by atoms with Crippen molar-refractivity contribution in [1.82, 2.24) is 14.5 Å². The van der Waals surface area contributed by atoms with Crippen molar-refractivity contribution in [1.29, 1.82) is 0 Å². The molecule has 0 unspecified atom stereocenters. The zero-order valence-corrected chi connectivity index (χ0v) is 13.3. The first-order valence-electron chi connectivity index (χ1n) is 7.66. The highest BCUT2D eigenvalue weighted by Gasteiger charge is 2.28. The number of rotatable bonds is 4. The molecule has 2 aliphatic rings. The largest absolute Gasteiger partial charge is 0.343 e. The van der Waals surface area contributed by atoms with E-state index in [1.54, 1.807) is 12.3 Å². The first-order valence-corrected chi connectivity index (χ1v) is 9.38. The van der Waals surface area contributed by atoms with Gasteiger partial charge in [-0.15, -0.1) is 0 Å². The van der Waals surface area contributed by atoms with E-state index in [2.05, 4.69) is 9.55 Å². The molecule has 1 fully saturated rings. The minimum atomic E-state index is -3.07. The molecule has 0 bridgehead atoms. The molecule has 6 nitrogen and oxygen atoms in total. The van der Waals surface area contributed by atoms with Crippen LogP contribution >= 0.6 is 0 Å². The zero-order valence-electron chi connectivity index (χ0n) is 12.5. The third-order valence-corrected chi connectivity index (χ3v) is 5.90. The Bertz CT molecular complexity index is 644. The summed E-state index contributed by atoms with van der Waals surface area (Å²) in [6.07, 6.45) is 9.50. The van der Waals surface area contributed by atoms with Gasteiger partial charge in [0.25, 0.3) is 0 Å². The lowest BCUT2D eigenvalue weighted by atomic mass is 9.96. The van der Waals surface area contributed by atoms with Crippen molar-refractivity contribution < 1.29 is 13.2 Å². The number of piperidine rings is 1. The van der Waals surface area contributed by atoms with Crippen LogP contribution in [0.3, 0.4) is 0 Å². The van der Waals surface area contributed by atoms with E-state index in [9.17, 15) is 13.2 Å². The number of hydrogen-bond acceptors (Lipinski definition) is 4. The molecule has 2 aliphatic heterocycles. The number of sulfone groups is 1. The predicted molar refractivity (Wildman–Crippen MR) is 82.6 cm³/mol. The highest BCUT2D eigenvalue weighted by molar-refractivity contribution is 7.94. The number of hydrogen-bond donors (Lipinski definition) is 0. The van der Waals surface area contributed by atoms with Crippen molar-refractivity contribution in [2.45, 2.75) is 25.8 Å². The fraction of sp³-hybridized carbons (Fsp3) is 0.600. The van der Waals surface area contributed by atoms with Gasteiger partial charge in [-0.2, -0.15) is 0 Å². The molecule has 22 heavy (non-hydrogen) atoms. The molecule has 0 aromatic carbocycles. The van der Waals surface area contributed by atoms with E-state index in [0.717, 1.165) is 32.5 Å². The topological polar surface area (TPSA) is 72.3 Å². The van der Waals surface area contributed by atoms with Crippen LogP contribution < -0.4 is 0 Å². The number of carbonyl (C=O) groups is 1. The Morgan fingerprint density at radius 2 is 2.05 bits per heavy atom. The number of aromatic nitrogens is 2. The Morgan fingerprint density at radius 1 is 1.27 bits per heavy atom. The van der Waals surface area contributed by atoms with Crippen LogP contribution in [-0.2, 0) is 21.2 Å². The van der Waals surface area contributed by atoms with E-state index in [1.165, 1.54) is 5.41 Å². The van der Waals surface area contributed by atoms with E-state index in [0.29, 0.717) is 12.3 Å². The fourth-order valence-corrected chi connectivity index (χ4v) is 4.58. The number of allylic oxidation sites excluding steroid dienone is 1. The number of imidazole rings is 1. The minimum Gasteiger partial charge on any atom is -0.343 e. The maximum absolute atomic E-state index is 12.3. The third kappa shape index (κ3) is 3.76. The summed E-state index contributed by atoms with van der Waals surface area (Å²) in [7, 11) is -3.07. The van der Waals surface area contributed by atoms with E-state index in [-0.39, 0.29) is 17.6 Å². The van der Waals surface area contributed by atoms with Crippen LogP contribution in [0.15, 0.2) is 30.2 Å².